The number of guanidine groups is 1. The summed E-state index contributed by atoms with van der Waals surface area (Å²) >= 11 is 0. The summed E-state index contributed by atoms with van der Waals surface area (Å²) in [5, 5.41) is 6.79. The molecule has 1 aliphatic heterocycles. The Morgan fingerprint density at radius 3 is 2.65 bits per heavy atom. The summed E-state index contributed by atoms with van der Waals surface area (Å²) in [5.74, 6) is 1.54. The van der Waals surface area contributed by atoms with Gasteiger partial charge in [-0.25, -0.2) is 4.99 Å². The van der Waals surface area contributed by atoms with Crippen LogP contribution in [-0.4, -0.2) is 57.4 Å². The average Bonchev–Trinajstić information content (AvgIpc) is 3.27. The van der Waals surface area contributed by atoms with Crippen molar-refractivity contribution < 1.29 is 9.47 Å². The van der Waals surface area contributed by atoms with Gasteiger partial charge in [-0.3, -0.25) is 0 Å². The number of ether oxygens (including phenoxy) is 2. The second kappa shape index (κ2) is 13.0. The van der Waals surface area contributed by atoms with Crippen molar-refractivity contribution in [1.29, 1.82) is 0 Å². The molecule has 1 fully saturated rings. The van der Waals surface area contributed by atoms with Crippen LogP contribution < -0.4 is 10.6 Å². The first-order valence-electron chi connectivity index (χ1n) is 11.2. The van der Waals surface area contributed by atoms with Crippen LogP contribution in [0.25, 0.3) is 0 Å². The van der Waals surface area contributed by atoms with Crippen molar-refractivity contribution in [3.8, 4) is 0 Å². The number of likely N-dealkylation sites (tertiary alicyclic amines) is 1. The summed E-state index contributed by atoms with van der Waals surface area (Å²) in [4.78, 5) is 7.25. The highest BCUT2D eigenvalue weighted by molar-refractivity contribution is 5.80. The van der Waals surface area contributed by atoms with Gasteiger partial charge < -0.3 is 25.0 Å². The van der Waals surface area contributed by atoms with Gasteiger partial charge in [-0.15, -0.1) is 0 Å². The number of methoxy groups -OCH3 is 1. The molecule has 3 rings (SSSR count). The second-order valence-electron chi connectivity index (χ2n) is 7.89. The first kappa shape index (κ1) is 23.1. The summed E-state index contributed by atoms with van der Waals surface area (Å²) in [6.07, 6.45) is 1.14. The fourth-order valence-electron chi connectivity index (χ4n) is 3.70. The lowest BCUT2D eigenvalue weighted by molar-refractivity contribution is 0.0906. The number of nitrogens with one attached hydrogen (secondary N) is 2. The fraction of sp³-hybridized carbons (Fsp3) is 0.480. The Kier molecular flexibility index (Phi) is 9.67. The maximum absolute atomic E-state index is 5.97. The molecule has 1 aliphatic rings. The third kappa shape index (κ3) is 7.89. The highest BCUT2D eigenvalue weighted by Gasteiger charge is 2.25. The molecule has 1 saturated heterocycles. The van der Waals surface area contributed by atoms with Crippen LogP contribution in [0.4, 0.5) is 5.69 Å². The summed E-state index contributed by atoms with van der Waals surface area (Å²) in [6.45, 7) is 8.66. The van der Waals surface area contributed by atoms with E-state index in [0.717, 1.165) is 50.9 Å². The van der Waals surface area contributed by atoms with Gasteiger partial charge in [-0.05, 0) is 36.6 Å². The molecule has 2 N–H and O–H groups in total. The van der Waals surface area contributed by atoms with E-state index in [1.807, 2.05) is 6.07 Å². The van der Waals surface area contributed by atoms with Crippen molar-refractivity contribution in [2.24, 2.45) is 10.9 Å². The van der Waals surface area contributed by atoms with Gasteiger partial charge in [0, 0.05) is 44.9 Å². The van der Waals surface area contributed by atoms with Crippen molar-refractivity contribution in [3.05, 3.63) is 65.7 Å². The Morgan fingerprint density at radius 2 is 1.90 bits per heavy atom. The summed E-state index contributed by atoms with van der Waals surface area (Å²) in [5.41, 5.74) is 3.54. The smallest absolute Gasteiger partial charge is 0.194 e. The molecule has 1 atom stereocenters. The van der Waals surface area contributed by atoms with E-state index in [1.54, 1.807) is 7.11 Å². The van der Waals surface area contributed by atoms with Gasteiger partial charge in [0.2, 0.25) is 0 Å². The first-order chi connectivity index (χ1) is 15.3. The normalized spacial score (nSPS) is 16.5. The van der Waals surface area contributed by atoms with Gasteiger partial charge in [0.25, 0.3) is 0 Å². The first-order valence-corrected chi connectivity index (χ1v) is 11.2. The number of anilines is 1. The van der Waals surface area contributed by atoms with Gasteiger partial charge in [-0.2, -0.15) is 0 Å². The van der Waals surface area contributed by atoms with E-state index in [4.69, 9.17) is 14.5 Å². The van der Waals surface area contributed by atoms with E-state index in [-0.39, 0.29) is 0 Å². The predicted molar refractivity (Wildman–Crippen MR) is 127 cm³/mol. The van der Waals surface area contributed by atoms with Crippen LogP contribution in [0.1, 0.15) is 24.5 Å². The zero-order valence-corrected chi connectivity index (χ0v) is 18.8. The van der Waals surface area contributed by atoms with Gasteiger partial charge in [0.05, 0.1) is 26.4 Å². The van der Waals surface area contributed by atoms with Crippen LogP contribution in [-0.2, 0) is 22.6 Å². The second-order valence-corrected chi connectivity index (χ2v) is 7.89. The van der Waals surface area contributed by atoms with Gasteiger partial charge in [0.1, 0.15) is 0 Å². The SMILES string of the molecule is CCNC(=NCc1ccc(NCCOC)cc1)N1CCC(COCc2ccccc2)C1. The zero-order chi connectivity index (χ0) is 21.7. The molecule has 31 heavy (non-hydrogen) atoms. The average molecular weight is 425 g/mol. The molecule has 2 aromatic rings. The van der Waals surface area contributed by atoms with E-state index < -0.39 is 0 Å². The molecular formula is C25H36N4O2. The van der Waals surface area contributed by atoms with E-state index in [1.165, 1.54) is 11.1 Å². The molecule has 0 saturated carbocycles. The number of hydrogen-bond donors (Lipinski definition) is 2. The van der Waals surface area contributed by atoms with E-state index in [9.17, 15) is 0 Å². The van der Waals surface area contributed by atoms with Crippen LogP contribution >= 0.6 is 0 Å². The largest absolute Gasteiger partial charge is 0.383 e. The quantitative estimate of drug-likeness (QED) is 0.327. The van der Waals surface area contributed by atoms with Gasteiger partial charge >= 0.3 is 0 Å². The van der Waals surface area contributed by atoms with Crippen LogP contribution in [0.3, 0.4) is 0 Å². The molecule has 0 bridgehead atoms. The number of nitrogens with zero attached hydrogens (tertiary/aromatic N) is 2. The van der Waals surface area contributed by atoms with Crippen molar-refractivity contribution in [1.82, 2.24) is 10.2 Å². The molecule has 0 amide bonds. The maximum atomic E-state index is 5.97. The third-order valence-electron chi connectivity index (χ3n) is 5.39. The summed E-state index contributed by atoms with van der Waals surface area (Å²) in [7, 11) is 1.71. The number of aliphatic imine (C=N–C) groups is 1. The van der Waals surface area contributed by atoms with Crippen LogP contribution in [0.15, 0.2) is 59.6 Å². The minimum Gasteiger partial charge on any atom is -0.383 e. The van der Waals surface area contributed by atoms with Crippen LogP contribution in [0, 0.1) is 5.92 Å². The number of benzene rings is 2. The molecule has 1 heterocycles. The molecule has 6 heteroatoms. The maximum Gasteiger partial charge on any atom is 0.194 e. The third-order valence-corrected chi connectivity index (χ3v) is 5.39. The van der Waals surface area contributed by atoms with Crippen molar-refractivity contribution >= 4 is 11.6 Å². The lowest BCUT2D eigenvalue weighted by atomic mass is 10.1. The topological polar surface area (TPSA) is 58.1 Å². The molecule has 2 aromatic carbocycles. The molecule has 168 valence electrons. The van der Waals surface area contributed by atoms with Crippen molar-refractivity contribution in [2.75, 3.05) is 51.8 Å². The van der Waals surface area contributed by atoms with E-state index >= 15 is 0 Å². The summed E-state index contributed by atoms with van der Waals surface area (Å²) in [6, 6.07) is 18.8. The molecule has 0 radical (unpaired) electrons. The Bertz CT molecular complexity index is 780. The Morgan fingerprint density at radius 1 is 1.10 bits per heavy atom. The molecule has 0 spiro atoms. The van der Waals surface area contributed by atoms with Gasteiger partial charge in [-0.1, -0.05) is 42.5 Å². The highest BCUT2D eigenvalue weighted by Crippen LogP contribution is 2.18. The van der Waals surface area contributed by atoms with Gasteiger partial charge in [0.15, 0.2) is 5.96 Å². The Hall–Kier alpha value is -2.57. The Balaban J connectivity index is 1.46. The van der Waals surface area contributed by atoms with Crippen molar-refractivity contribution in [2.45, 2.75) is 26.5 Å². The molecule has 0 aromatic heterocycles. The minimum atomic E-state index is 0.546. The highest BCUT2D eigenvalue weighted by atomic mass is 16.5. The summed E-state index contributed by atoms with van der Waals surface area (Å²) < 4.78 is 11.0. The lowest BCUT2D eigenvalue weighted by Crippen LogP contribution is -2.40. The monoisotopic (exact) mass is 424 g/mol. The molecular weight excluding hydrogens is 388 g/mol. The fourth-order valence-corrected chi connectivity index (χ4v) is 3.70. The van der Waals surface area contributed by atoms with E-state index in [0.29, 0.717) is 25.7 Å². The number of rotatable bonds is 11. The van der Waals surface area contributed by atoms with Crippen LogP contribution in [0.5, 0.6) is 0 Å². The zero-order valence-electron chi connectivity index (χ0n) is 18.8. The minimum absolute atomic E-state index is 0.546. The lowest BCUT2D eigenvalue weighted by Gasteiger charge is -2.21. The molecule has 6 nitrogen and oxygen atoms in total. The van der Waals surface area contributed by atoms with Crippen molar-refractivity contribution in [3.63, 3.8) is 0 Å². The number of hydrogen-bond acceptors (Lipinski definition) is 4. The van der Waals surface area contributed by atoms with E-state index in [2.05, 4.69) is 71.0 Å². The standard InChI is InChI=1S/C25H36N4O2/c1-3-26-25(28-17-21-9-11-24(12-10-21)27-14-16-30-2)29-15-13-23(18-29)20-31-19-22-7-5-4-6-8-22/h4-12,23,27H,3,13-20H2,1-2H3,(H,26,28). The Labute approximate surface area is 186 Å². The molecule has 0 aliphatic carbocycles. The predicted octanol–water partition coefficient (Wildman–Crippen LogP) is 3.75. The molecule has 1 unspecified atom stereocenters. The van der Waals surface area contributed by atoms with Crippen LogP contribution in [0.2, 0.25) is 0 Å².